The molecule has 1 unspecified atom stereocenters. The summed E-state index contributed by atoms with van der Waals surface area (Å²) in [4.78, 5) is 14.1. The molecule has 0 amide bonds. The van der Waals surface area contributed by atoms with Crippen molar-refractivity contribution in [3.63, 3.8) is 0 Å². The van der Waals surface area contributed by atoms with Crippen molar-refractivity contribution in [2.24, 2.45) is 5.92 Å². The number of likely N-dealkylation sites (N-methyl/N-ethyl adjacent to an activating group) is 1. The fourth-order valence-corrected chi connectivity index (χ4v) is 2.53. The molecule has 1 aromatic rings. The highest BCUT2D eigenvalue weighted by atomic mass is 19.1. The van der Waals surface area contributed by atoms with Crippen molar-refractivity contribution in [2.45, 2.75) is 31.9 Å². The number of ketones is 1. The Morgan fingerprint density at radius 2 is 2.10 bits per heavy atom. The SMILES string of the molecule is CC(C(=O)c1ccc(F)cc1F)N(C)CC1CC(O)C1. The highest BCUT2D eigenvalue weighted by molar-refractivity contribution is 6.00. The van der Waals surface area contributed by atoms with E-state index >= 15 is 0 Å². The minimum absolute atomic E-state index is 0.0839. The number of rotatable bonds is 5. The van der Waals surface area contributed by atoms with Gasteiger partial charge in [0.2, 0.25) is 0 Å². The molecule has 1 aliphatic carbocycles. The Bertz CT molecular complexity index is 501. The number of hydrogen-bond acceptors (Lipinski definition) is 3. The lowest BCUT2D eigenvalue weighted by Gasteiger charge is -2.36. The molecule has 0 aromatic heterocycles. The maximum atomic E-state index is 13.6. The lowest BCUT2D eigenvalue weighted by molar-refractivity contribution is 0.0234. The van der Waals surface area contributed by atoms with Crippen molar-refractivity contribution in [2.75, 3.05) is 13.6 Å². The summed E-state index contributed by atoms with van der Waals surface area (Å²) in [5, 5.41) is 9.25. The van der Waals surface area contributed by atoms with Gasteiger partial charge in [0.1, 0.15) is 11.6 Å². The summed E-state index contributed by atoms with van der Waals surface area (Å²) in [6, 6.07) is 2.52. The molecule has 20 heavy (non-hydrogen) atoms. The zero-order valence-electron chi connectivity index (χ0n) is 11.6. The number of halogens is 2. The largest absolute Gasteiger partial charge is 0.393 e. The van der Waals surface area contributed by atoms with Crippen molar-refractivity contribution in [3.8, 4) is 0 Å². The van der Waals surface area contributed by atoms with Crippen LogP contribution in [0.15, 0.2) is 18.2 Å². The van der Waals surface area contributed by atoms with Crippen LogP contribution in [0.2, 0.25) is 0 Å². The van der Waals surface area contributed by atoms with E-state index in [9.17, 15) is 18.7 Å². The topological polar surface area (TPSA) is 40.5 Å². The van der Waals surface area contributed by atoms with Crippen molar-refractivity contribution in [3.05, 3.63) is 35.4 Å². The van der Waals surface area contributed by atoms with Crippen LogP contribution >= 0.6 is 0 Å². The van der Waals surface area contributed by atoms with E-state index in [1.165, 1.54) is 6.07 Å². The maximum absolute atomic E-state index is 13.6. The van der Waals surface area contributed by atoms with Crippen LogP contribution in [0.4, 0.5) is 8.78 Å². The summed E-state index contributed by atoms with van der Waals surface area (Å²) >= 11 is 0. The van der Waals surface area contributed by atoms with Crippen molar-refractivity contribution in [1.82, 2.24) is 4.90 Å². The summed E-state index contributed by atoms with van der Waals surface area (Å²) in [6.45, 7) is 2.40. The smallest absolute Gasteiger partial charge is 0.182 e. The lowest BCUT2D eigenvalue weighted by atomic mass is 9.82. The van der Waals surface area contributed by atoms with Crippen LogP contribution < -0.4 is 0 Å². The van der Waals surface area contributed by atoms with E-state index < -0.39 is 17.7 Å². The molecule has 0 aliphatic heterocycles. The van der Waals surface area contributed by atoms with Gasteiger partial charge in [0.05, 0.1) is 17.7 Å². The second kappa shape index (κ2) is 5.97. The molecule has 3 nitrogen and oxygen atoms in total. The van der Waals surface area contributed by atoms with Crippen molar-refractivity contribution < 1.29 is 18.7 Å². The van der Waals surface area contributed by atoms with Crippen LogP contribution in [-0.2, 0) is 0 Å². The van der Waals surface area contributed by atoms with Crippen LogP contribution in [0.5, 0.6) is 0 Å². The molecule has 1 atom stereocenters. The zero-order valence-corrected chi connectivity index (χ0v) is 11.6. The molecular weight excluding hydrogens is 264 g/mol. The lowest BCUT2D eigenvalue weighted by Crippen LogP contribution is -2.43. The summed E-state index contributed by atoms with van der Waals surface area (Å²) in [7, 11) is 1.80. The van der Waals surface area contributed by atoms with Gasteiger partial charge in [0.15, 0.2) is 5.78 Å². The van der Waals surface area contributed by atoms with Gasteiger partial charge in [-0.3, -0.25) is 9.69 Å². The number of aliphatic hydroxyl groups is 1. The third-order valence-electron chi connectivity index (χ3n) is 3.99. The monoisotopic (exact) mass is 283 g/mol. The molecule has 0 saturated heterocycles. The number of Topliss-reactive ketones (excluding diaryl/α,β-unsaturated/α-hetero) is 1. The van der Waals surface area contributed by atoms with E-state index in [-0.39, 0.29) is 17.5 Å². The Morgan fingerprint density at radius 3 is 2.65 bits per heavy atom. The molecule has 0 heterocycles. The van der Waals surface area contributed by atoms with E-state index in [4.69, 9.17) is 0 Å². The number of hydrogen-bond donors (Lipinski definition) is 1. The van der Waals surface area contributed by atoms with Gasteiger partial charge in [0.25, 0.3) is 0 Å². The highest BCUT2D eigenvalue weighted by Gasteiger charge is 2.30. The number of nitrogens with zero attached hydrogens (tertiary/aromatic N) is 1. The van der Waals surface area contributed by atoms with Crippen LogP contribution in [0.3, 0.4) is 0 Å². The van der Waals surface area contributed by atoms with E-state index in [2.05, 4.69) is 0 Å². The normalized spacial score (nSPS) is 23.5. The van der Waals surface area contributed by atoms with Gasteiger partial charge in [-0.25, -0.2) is 8.78 Å². The average molecular weight is 283 g/mol. The second-order valence-corrected chi connectivity index (χ2v) is 5.60. The summed E-state index contributed by atoms with van der Waals surface area (Å²) in [5.74, 6) is -1.49. The van der Waals surface area contributed by atoms with Gasteiger partial charge in [-0.2, -0.15) is 0 Å². The molecule has 110 valence electrons. The number of benzene rings is 1. The maximum Gasteiger partial charge on any atom is 0.182 e. The minimum Gasteiger partial charge on any atom is -0.393 e. The predicted molar refractivity (Wildman–Crippen MR) is 71.5 cm³/mol. The molecule has 1 N–H and O–H groups in total. The molecule has 0 bridgehead atoms. The molecule has 1 aliphatic rings. The standard InChI is InChI=1S/C15H19F2NO2/c1-9(18(2)8-10-5-12(19)6-10)15(20)13-4-3-11(16)7-14(13)17/h3-4,7,9-10,12,19H,5-6,8H2,1-2H3. The first-order chi connectivity index (χ1) is 9.38. The summed E-state index contributed by atoms with van der Waals surface area (Å²) in [6.07, 6.45) is 1.26. The number of aliphatic hydroxyl groups excluding tert-OH is 1. The third kappa shape index (κ3) is 3.22. The van der Waals surface area contributed by atoms with E-state index in [0.717, 1.165) is 25.0 Å². The Hall–Kier alpha value is -1.33. The zero-order chi connectivity index (χ0) is 14.9. The number of carbonyl (C=O) groups excluding carboxylic acids is 1. The fraction of sp³-hybridized carbons (Fsp3) is 0.533. The van der Waals surface area contributed by atoms with Crippen LogP contribution in [0.25, 0.3) is 0 Å². The molecule has 2 rings (SSSR count). The third-order valence-corrected chi connectivity index (χ3v) is 3.99. The van der Waals surface area contributed by atoms with Crippen LogP contribution in [-0.4, -0.2) is 41.5 Å². The van der Waals surface area contributed by atoms with Gasteiger partial charge in [0, 0.05) is 12.6 Å². The fourth-order valence-electron chi connectivity index (χ4n) is 2.53. The van der Waals surface area contributed by atoms with E-state index in [1.807, 2.05) is 4.90 Å². The van der Waals surface area contributed by atoms with Gasteiger partial charge in [-0.1, -0.05) is 0 Å². The second-order valence-electron chi connectivity index (χ2n) is 5.60. The molecule has 1 aromatic carbocycles. The highest BCUT2D eigenvalue weighted by Crippen LogP contribution is 2.28. The van der Waals surface area contributed by atoms with Gasteiger partial charge in [-0.15, -0.1) is 0 Å². The molecule has 0 spiro atoms. The number of carbonyl (C=O) groups is 1. The van der Waals surface area contributed by atoms with E-state index in [0.29, 0.717) is 12.5 Å². The average Bonchev–Trinajstić information content (AvgIpc) is 2.35. The summed E-state index contributed by atoms with van der Waals surface area (Å²) in [5.41, 5.74) is -0.0839. The predicted octanol–water partition coefficient (Wildman–Crippen LogP) is 2.24. The van der Waals surface area contributed by atoms with Crippen LogP contribution in [0.1, 0.15) is 30.1 Å². The first-order valence-corrected chi connectivity index (χ1v) is 6.76. The Morgan fingerprint density at radius 1 is 1.45 bits per heavy atom. The van der Waals surface area contributed by atoms with Gasteiger partial charge < -0.3 is 5.11 Å². The molecular formula is C15H19F2NO2. The molecule has 5 heteroatoms. The Balaban J connectivity index is 2.00. The minimum atomic E-state index is -0.825. The molecule has 1 saturated carbocycles. The van der Waals surface area contributed by atoms with Crippen LogP contribution in [0, 0.1) is 17.6 Å². The first-order valence-electron chi connectivity index (χ1n) is 6.76. The first kappa shape index (κ1) is 15.1. The Kier molecular flexibility index (Phi) is 4.50. The Labute approximate surface area is 117 Å². The summed E-state index contributed by atoms with van der Waals surface area (Å²) < 4.78 is 26.5. The van der Waals surface area contributed by atoms with Gasteiger partial charge in [-0.05, 0) is 44.9 Å². The van der Waals surface area contributed by atoms with Gasteiger partial charge >= 0.3 is 0 Å². The molecule has 1 fully saturated rings. The van der Waals surface area contributed by atoms with E-state index in [1.54, 1.807) is 14.0 Å². The molecule has 0 radical (unpaired) electrons. The quantitative estimate of drug-likeness (QED) is 0.843. The van der Waals surface area contributed by atoms with Crippen molar-refractivity contribution >= 4 is 5.78 Å². The van der Waals surface area contributed by atoms with Crippen molar-refractivity contribution in [1.29, 1.82) is 0 Å².